The Morgan fingerprint density at radius 3 is 2.71 bits per heavy atom. The molecule has 0 spiro atoms. The van der Waals surface area contributed by atoms with Crippen LogP contribution in [0.4, 0.5) is 0 Å². The van der Waals surface area contributed by atoms with Gasteiger partial charge in [0.15, 0.2) is 12.4 Å². The van der Waals surface area contributed by atoms with Gasteiger partial charge in [-0.15, -0.1) is 0 Å². The van der Waals surface area contributed by atoms with Crippen LogP contribution in [0.15, 0.2) is 29.3 Å². The van der Waals surface area contributed by atoms with Crippen LogP contribution < -0.4 is 5.32 Å². The van der Waals surface area contributed by atoms with Crippen LogP contribution in [0.2, 0.25) is 0 Å². The van der Waals surface area contributed by atoms with Crippen LogP contribution in [0.1, 0.15) is 64.5 Å². The number of ether oxygens (including phenoxy) is 1. The van der Waals surface area contributed by atoms with E-state index in [-0.39, 0.29) is 36.2 Å². The Morgan fingerprint density at radius 1 is 1.24 bits per heavy atom. The summed E-state index contributed by atoms with van der Waals surface area (Å²) in [4.78, 5) is 49.4. The molecule has 1 aromatic rings. The van der Waals surface area contributed by atoms with Crippen LogP contribution >= 0.6 is 0 Å². The Labute approximate surface area is 244 Å². The lowest BCUT2D eigenvalue weighted by Crippen LogP contribution is -2.62. The Balaban J connectivity index is 1.24. The molecule has 5 rings (SSSR count). The summed E-state index contributed by atoms with van der Waals surface area (Å²) in [6, 6.07) is -0.895. The third kappa shape index (κ3) is 5.07. The molecule has 0 saturated heterocycles. The maximum atomic E-state index is 12.6. The molecule has 0 radical (unpaired) electrons. The number of hydrogen-bond acceptors (Lipinski definition) is 10. The Hall–Kier alpha value is -3.09. The standard InChI is InChI=1S/C30H42N4O8/c1-28-8-6-18(34-42-15-25(38)33-22(27(39)41-3)11-19-13-31-16-32-19)10-17(28)4-5-20-21-7-9-30(40,24(37)14-35)29(21,2)12-23(36)26(20)28/h10,13,16,20-23,26,35-36,40H,4-9,11-12,14-15H2,1-3H3,(H,31,32)(H,33,38)/b34-18+/t20-,21-,22-,23+,26+,28-,29-,30-/m0/s1. The molecule has 12 heteroatoms. The molecule has 0 aromatic carbocycles. The van der Waals surface area contributed by atoms with E-state index in [9.17, 15) is 29.7 Å². The number of esters is 1. The van der Waals surface area contributed by atoms with E-state index in [1.54, 1.807) is 6.20 Å². The normalized spacial score (nSPS) is 37.1. The van der Waals surface area contributed by atoms with Gasteiger partial charge in [-0.1, -0.05) is 24.6 Å². The summed E-state index contributed by atoms with van der Waals surface area (Å²) < 4.78 is 4.80. The summed E-state index contributed by atoms with van der Waals surface area (Å²) in [6.07, 6.45) is 8.90. The Morgan fingerprint density at radius 2 is 2.02 bits per heavy atom. The van der Waals surface area contributed by atoms with Crippen molar-refractivity contribution >= 4 is 23.4 Å². The molecule has 0 unspecified atom stereocenters. The van der Waals surface area contributed by atoms with Gasteiger partial charge in [-0.2, -0.15) is 0 Å². The quantitative estimate of drug-likeness (QED) is 0.210. The van der Waals surface area contributed by atoms with E-state index in [0.717, 1.165) is 25.0 Å². The van der Waals surface area contributed by atoms with Gasteiger partial charge >= 0.3 is 5.97 Å². The van der Waals surface area contributed by atoms with Crippen molar-refractivity contribution in [2.45, 2.75) is 83.0 Å². The van der Waals surface area contributed by atoms with Crippen molar-refractivity contribution in [3.8, 4) is 0 Å². The van der Waals surface area contributed by atoms with Gasteiger partial charge in [-0.05, 0) is 74.2 Å². The summed E-state index contributed by atoms with van der Waals surface area (Å²) in [5.74, 6) is -1.41. The maximum absolute atomic E-state index is 12.6. The number of hydrogen-bond donors (Lipinski definition) is 5. The SMILES string of the molecule is COC(=O)[C@H](Cc1cnc[nH]1)NC(=O)CO/N=C1/C=C2CC[C@@H]3[C@H]([C@H](O)C[C@@]4(C)[C@H]3CC[C@]4(O)C(=O)CO)[C@@]2(C)CC1. The predicted molar refractivity (Wildman–Crippen MR) is 150 cm³/mol. The Bertz CT molecular complexity index is 1260. The fourth-order valence-corrected chi connectivity index (χ4v) is 8.73. The molecular weight excluding hydrogens is 544 g/mol. The number of ketones is 1. The molecule has 3 fully saturated rings. The average Bonchev–Trinajstić information content (AvgIpc) is 3.57. The number of aliphatic hydroxyl groups is 3. The largest absolute Gasteiger partial charge is 0.467 e. The van der Waals surface area contributed by atoms with E-state index in [1.807, 2.05) is 13.0 Å². The number of carbonyl (C=O) groups excluding carboxylic acids is 3. The summed E-state index contributed by atoms with van der Waals surface area (Å²) in [5.41, 5.74) is -0.0624. The molecule has 1 heterocycles. The number of aromatic amines is 1. The first-order valence-corrected chi connectivity index (χ1v) is 14.8. The summed E-state index contributed by atoms with van der Waals surface area (Å²) in [7, 11) is 1.26. The number of H-pyrrole nitrogens is 1. The zero-order valence-electron chi connectivity index (χ0n) is 24.5. The van der Waals surface area contributed by atoms with Crippen molar-refractivity contribution in [2.24, 2.45) is 33.7 Å². The number of aliphatic hydroxyl groups excluding tert-OH is 2. The van der Waals surface area contributed by atoms with Crippen LogP contribution in [0.25, 0.3) is 0 Å². The molecule has 42 heavy (non-hydrogen) atoms. The number of imidazole rings is 1. The van der Waals surface area contributed by atoms with Crippen LogP contribution in [0.5, 0.6) is 0 Å². The van der Waals surface area contributed by atoms with Gasteiger partial charge in [-0.25, -0.2) is 9.78 Å². The monoisotopic (exact) mass is 586 g/mol. The van der Waals surface area contributed by atoms with E-state index in [0.29, 0.717) is 31.4 Å². The number of nitrogens with zero attached hydrogens (tertiary/aromatic N) is 2. The van der Waals surface area contributed by atoms with E-state index in [1.165, 1.54) is 19.0 Å². The minimum Gasteiger partial charge on any atom is -0.467 e. The number of carbonyl (C=O) groups is 3. The average molecular weight is 587 g/mol. The second-order valence-electron chi connectivity index (χ2n) is 12.9. The molecule has 4 aliphatic carbocycles. The fourth-order valence-electron chi connectivity index (χ4n) is 8.73. The Kier molecular flexibility index (Phi) is 8.34. The van der Waals surface area contributed by atoms with Gasteiger partial charge in [-0.3, -0.25) is 9.59 Å². The minimum atomic E-state index is -1.61. The van der Waals surface area contributed by atoms with Gasteiger partial charge < -0.3 is 35.2 Å². The number of fused-ring (bicyclic) bond motifs is 5. The van der Waals surface area contributed by atoms with Gasteiger partial charge in [0.05, 0.1) is 25.3 Å². The van der Waals surface area contributed by atoms with Gasteiger partial charge in [0.2, 0.25) is 0 Å². The van der Waals surface area contributed by atoms with Crippen molar-refractivity contribution in [3.05, 3.63) is 29.9 Å². The smallest absolute Gasteiger partial charge is 0.328 e. The summed E-state index contributed by atoms with van der Waals surface area (Å²) in [6.45, 7) is 3.05. The lowest BCUT2D eigenvalue weighted by atomic mass is 9.45. The minimum absolute atomic E-state index is 0.0134. The van der Waals surface area contributed by atoms with Crippen molar-refractivity contribution in [1.29, 1.82) is 0 Å². The molecule has 1 amide bonds. The zero-order chi connectivity index (χ0) is 30.3. The van der Waals surface area contributed by atoms with Crippen LogP contribution in [0.3, 0.4) is 0 Å². The van der Waals surface area contributed by atoms with Crippen LogP contribution in [-0.2, 0) is 30.4 Å². The summed E-state index contributed by atoms with van der Waals surface area (Å²) >= 11 is 0. The first kappa shape index (κ1) is 30.4. The predicted octanol–water partition coefficient (Wildman–Crippen LogP) is 1.21. The molecule has 0 aliphatic heterocycles. The molecule has 1 aromatic heterocycles. The first-order valence-electron chi connectivity index (χ1n) is 14.8. The lowest BCUT2D eigenvalue weighted by Gasteiger charge is -2.60. The highest BCUT2D eigenvalue weighted by molar-refractivity contribution is 5.96. The van der Waals surface area contributed by atoms with Gasteiger partial charge in [0.1, 0.15) is 18.2 Å². The van der Waals surface area contributed by atoms with Crippen molar-refractivity contribution in [1.82, 2.24) is 15.3 Å². The van der Waals surface area contributed by atoms with E-state index in [2.05, 4.69) is 27.4 Å². The molecule has 4 aliphatic rings. The van der Waals surface area contributed by atoms with Gasteiger partial charge in [0, 0.05) is 23.7 Å². The van der Waals surface area contributed by atoms with E-state index < -0.39 is 47.4 Å². The number of allylic oxidation sites excluding steroid dienone is 2. The van der Waals surface area contributed by atoms with E-state index in [4.69, 9.17) is 9.57 Å². The molecule has 230 valence electrons. The molecule has 8 atom stereocenters. The maximum Gasteiger partial charge on any atom is 0.328 e. The first-order chi connectivity index (χ1) is 20.0. The fraction of sp³-hybridized carbons (Fsp3) is 0.700. The van der Waals surface area contributed by atoms with Crippen molar-refractivity contribution in [3.63, 3.8) is 0 Å². The number of aromatic nitrogens is 2. The summed E-state index contributed by atoms with van der Waals surface area (Å²) in [5, 5.41) is 39.3. The molecule has 5 N–H and O–H groups in total. The highest BCUT2D eigenvalue weighted by atomic mass is 16.6. The number of rotatable bonds is 9. The van der Waals surface area contributed by atoms with Gasteiger partial charge in [0.25, 0.3) is 5.91 Å². The second kappa shape index (κ2) is 11.5. The molecule has 12 nitrogen and oxygen atoms in total. The molecular formula is C30H42N4O8. The third-order valence-electron chi connectivity index (χ3n) is 10.8. The van der Waals surface area contributed by atoms with Crippen molar-refractivity contribution < 1.29 is 39.3 Å². The number of methoxy groups -OCH3 is 1. The zero-order valence-corrected chi connectivity index (χ0v) is 24.5. The molecule has 3 saturated carbocycles. The highest BCUT2D eigenvalue weighted by Gasteiger charge is 2.68. The topological polar surface area (TPSA) is 183 Å². The molecule has 0 bridgehead atoms. The van der Waals surface area contributed by atoms with Crippen LogP contribution in [0, 0.1) is 28.6 Å². The second-order valence-corrected chi connectivity index (χ2v) is 12.9. The van der Waals surface area contributed by atoms with Crippen LogP contribution in [-0.4, -0.2) is 86.7 Å². The number of Topliss-reactive ketones (excluding diaryl/α,β-unsaturated/α-hetero) is 1. The number of oxime groups is 1. The number of amides is 1. The third-order valence-corrected chi connectivity index (χ3v) is 10.8. The van der Waals surface area contributed by atoms with Crippen molar-refractivity contribution in [2.75, 3.05) is 20.3 Å². The highest BCUT2D eigenvalue weighted by Crippen LogP contribution is 2.67. The van der Waals surface area contributed by atoms with E-state index >= 15 is 0 Å². The number of nitrogens with one attached hydrogen (secondary N) is 2. The lowest BCUT2D eigenvalue weighted by molar-refractivity contribution is -0.181.